The first kappa shape index (κ1) is 22.2. The van der Waals surface area contributed by atoms with Gasteiger partial charge in [-0.15, -0.1) is 0 Å². The fourth-order valence-corrected chi connectivity index (χ4v) is 3.27. The summed E-state index contributed by atoms with van der Waals surface area (Å²) in [5, 5.41) is 18.8. The number of rotatable bonds is 11. The van der Waals surface area contributed by atoms with E-state index in [0.29, 0.717) is 5.56 Å². The average Bonchev–Trinajstić information content (AvgIpc) is 2.68. The highest BCUT2D eigenvalue weighted by Crippen LogP contribution is 2.33. The third-order valence-electron chi connectivity index (χ3n) is 4.62. The zero-order valence-corrected chi connectivity index (χ0v) is 16.3. The largest absolute Gasteiger partial charge is 0.481 e. The molecule has 1 aromatic heterocycles. The molecule has 29 heavy (non-hydrogen) atoms. The van der Waals surface area contributed by atoms with E-state index in [0.717, 1.165) is 0 Å². The first-order valence-electron chi connectivity index (χ1n) is 8.96. The molecule has 1 aromatic carbocycles. The molecular formula is C21H20ClNO6. The van der Waals surface area contributed by atoms with Crippen LogP contribution in [0, 0.1) is 5.41 Å². The van der Waals surface area contributed by atoms with Crippen LogP contribution in [0.1, 0.15) is 41.6 Å². The normalized spacial score (nSPS) is 12.7. The smallest absolute Gasteiger partial charge is 0.325 e. The van der Waals surface area contributed by atoms with Crippen LogP contribution in [0.2, 0.25) is 5.15 Å². The van der Waals surface area contributed by atoms with Crippen LogP contribution >= 0.6 is 11.6 Å². The third-order valence-corrected chi connectivity index (χ3v) is 4.82. The summed E-state index contributed by atoms with van der Waals surface area (Å²) in [5.74, 6) is -4.24. The summed E-state index contributed by atoms with van der Waals surface area (Å²) < 4.78 is 0. The number of benzene rings is 1. The van der Waals surface area contributed by atoms with Gasteiger partial charge in [-0.05, 0) is 30.5 Å². The maximum atomic E-state index is 13.2. The van der Waals surface area contributed by atoms with E-state index in [1.165, 1.54) is 18.3 Å². The van der Waals surface area contributed by atoms with Gasteiger partial charge in [0.2, 0.25) is 0 Å². The third kappa shape index (κ3) is 5.48. The number of carbonyl (C=O) groups excluding carboxylic acids is 2. The Labute approximate surface area is 172 Å². The summed E-state index contributed by atoms with van der Waals surface area (Å²) in [6.45, 7) is 0. The van der Waals surface area contributed by atoms with Crippen LogP contribution in [-0.2, 0) is 20.8 Å². The fourth-order valence-electron chi connectivity index (χ4n) is 3.09. The van der Waals surface area contributed by atoms with Crippen molar-refractivity contribution in [1.82, 2.24) is 4.98 Å². The van der Waals surface area contributed by atoms with Crippen molar-refractivity contribution in [3.63, 3.8) is 0 Å². The van der Waals surface area contributed by atoms with Gasteiger partial charge in [0.25, 0.3) is 0 Å². The van der Waals surface area contributed by atoms with Crippen LogP contribution in [0.25, 0.3) is 0 Å². The van der Waals surface area contributed by atoms with Gasteiger partial charge in [0.05, 0.1) is 0 Å². The molecule has 2 aromatic rings. The number of carboxylic acid groups (broad SMARTS) is 2. The van der Waals surface area contributed by atoms with Crippen LogP contribution < -0.4 is 0 Å². The molecule has 0 saturated heterocycles. The number of carbonyl (C=O) groups is 4. The van der Waals surface area contributed by atoms with Crippen molar-refractivity contribution < 1.29 is 29.4 Å². The number of nitrogens with zero attached hydrogens (tertiary/aromatic N) is 1. The molecule has 2 rings (SSSR count). The van der Waals surface area contributed by atoms with Crippen molar-refractivity contribution in [2.75, 3.05) is 0 Å². The van der Waals surface area contributed by atoms with E-state index in [4.69, 9.17) is 16.7 Å². The lowest BCUT2D eigenvalue weighted by molar-refractivity contribution is -0.151. The van der Waals surface area contributed by atoms with Crippen molar-refractivity contribution in [2.45, 2.75) is 32.1 Å². The molecule has 0 saturated carbocycles. The fraction of sp³-hybridized carbons (Fsp3) is 0.286. The van der Waals surface area contributed by atoms with Crippen molar-refractivity contribution in [2.24, 2.45) is 5.41 Å². The SMILES string of the molecule is O=C(O)CCCCC(C(=O)O)(C(=O)Cc1ccccc1)C(=O)c1ccnc(Cl)c1. The Morgan fingerprint density at radius 1 is 1.00 bits per heavy atom. The molecule has 0 amide bonds. The minimum absolute atomic E-state index is 0.00322. The van der Waals surface area contributed by atoms with Gasteiger partial charge in [0.15, 0.2) is 17.0 Å². The quantitative estimate of drug-likeness (QED) is 0.248. The number of aromatic nitrogens is 1. The molecule has 0 aliphatic rings. The average molecular weight is 418 g/mol. The second kappa shape index (κ2) is 9.93. The van der Waals surface area contributed by atoms with Crippen molar-refractivity contribution in [3.05, 3.63) is 64.9 Å². The molecule has 2 N–H and O–H groups in total. The Balaban J connectivity index is 2.42. The van der Waals surface area contributed by atoms with Gasteiger partial charge in [0.1, 0.15) is 5.15 Å². The molecule has 0 aliphatic carbocycles. The van der Waals surface area contributed by atoms with E-state index in [1.807, 2.05) is 0 Å². The molecule has 0 bridgehead atoms. The predicted molar refractivity (Wildman–Crippen MR) is 105 cm³/mol. The molecular weight excluding hydrogens is 398 g/mol. The number of aliphatic carboxylic acids is 2. The van der Waals surface area contributed by atoms with Gasteiger partial charge in [-0.25, -0.2) is 4.98 Å². The maximum Gasteiger partial charge on any atom is 0.325 e. The van der Waals surface area contributed by atoms with Gasteiger partial charge < -0.3 is 10.2 Å². The van der Waals surface area contributed by atoms with Crippen LogP contribution in [-0.4, -0.2) is 38.7 Å². The monoisotopic (exact) mass is 417 g/mol. The Kier molecular flexibility index (Phi) is 7.61. The summed E-state index contributed by atoms with van der Waals surface area (Å²) in [5.41, 5.74) is -1.79. The number of Topliss-reactive ketones (excluding diaryl/α,β-unsaturated/α-hetero) is 2. The molecule has 0 radical (unpaired) electrons. The number of hydrogen-bond donors (Lipinski definition) is 2. The Bertz CT molecular complexity index is 914. The predicted octanol–water partition coefficient (Wildman–Crippen LogP) is 3.45. The number of unbranched alkanes of at least 4 members (excludes halogenated alkanes) is 1. The van der Waals surface area contributed by atoms with Crippen molar-refractivity contribution in [3.8, 4) is 0 Å². The molecule has 152 valence electrons. The molecule has 1 unspecified atom stereocenters. The number of hydrogen-bond acceptors (Lipinski definition) is 5. The van der Waals surface area contributed by atoms with Crippen LogP contribution in [0.5, 0.6) is 0 Å². The topological polar surface area (TPSA) is 122 Å². The van der Waals surface area contributed by atoms with E-state index in [2.05, 4.69) is 4.98 Å². The summed E-state index contributed by atoms with van der Waals surface area (Å²) in [6, 6.07) is 11.0. The molecule has 0 spiro atoms. The second-order valence-corrected chi connectivity index (χ2v) is 6.98. The Morgan fingerprint density at radius 2 is 1.69 bits per heavy atom. The molecule has 1 heterocycles. The zero-order chi connectivity index (χ0) is 21.4. The summed E-state index contributed by atoms with van der Waals surface area (Å²) >= 11 is 5.83. The minimum atomic E-state index is -2.33. The van der Waals surface area contributed by atoms with Gasteiger partial charge >= 0.3 is 11.9 Å². The molecule has 0 fully saturated rings. The zero-order valence-electron chi connectivity index (χ0n) is 15.5. The molecule has 8 heteroatoms. The van der Waals surface area contributed by atoms with E-state index < -0.39 is 28.9 Å². The highest BCUT2D eigenvalue weighted by atomic mass is 35.5. The molecule has 0 aliphatic heterocycles. The summed E-state index contributed by atoms with van der Waals surface area (Å²) in [4.78, 5) is 53.2. The van der Waals surface area contributed by atoms with E-state index in [9.17, 15) is 24.3 Å². The summed E-state index contributed by atoms with van der Waals surface area (Å²) in [6.07, 6.45) is 0.764. The highest BCUT2D eigenvalue weighted by Gasteiger charge is 2.52. The number of pyridine rings is 1. The number of ketones is 2. The van der Waals surface area contributed by atoms with Crippen LogP contribution in [0.3, 0.4) is 0 Å². The van der Waals surface area contributed by atoms with E-state index in [1.54, 1.807) is 30.3 Å². The second-order valence-electron chi connectivity index (χ2n) is 6.59. The van der Waals surface area contributed by atoms with Crippen molar-refractivity contribution in [1.29, 1.82) is 0 Å². The van der Waals surface area contributed by atoms with Crippen LogP contribution in [0.15, 0.2) is 48.7 Å². The lowest BCUT2D eigenvalue weighted by atomic mass is 9.71. The molecule has 7 nitrogen and oxygen atoms in total. The van der Waals surface area contributed by atoms with Crippen LogP contribution in [0.4, 0.5) is 0 Å². The lowest BCUT2D eigenvalue weighted by Crippen LogP contribution is -2.47. The Hall–Kier alpha value is -3.06. The Morgan fingerprint density at radius 3 is 2.28 bits per heavy atom. The first-order valence-corrected chi connectivity index (χ1v) is 9.34. The van der Waals surface area contributed by atoms with E-state index >= 15 is 0 Å². The lowest BCUT2D eigenvalue weighted by Gasteiger charge is -2.27. The number of halogens is 1. The summed E-state index contributed by atoms with van der Waals surface area (Å²) in [7, 11) is 0. The maximum absolute atomic E-state index is 13.2. The van der Waals surface area contributed by atoms with Gasteiger partial charge in [-0.1, -0.05) is 48.4 Å². The first-order chi connectivity index (χ1) is 13.8. The van der Waals surface area contributed by atoms with Crippen molar-refractivity contribution >= 4 is 35.1 Å². The van der Waals surface area contributed by atoms with E-state index in [-0.39, 0.29) is 42.8 Å². The molecule has 1 atom stereocenters. The van der Waals surface area contributed by atoms with Gasteiger partial charge in [-0.2, -0.15) is 0 Å². The van der Waals surface area contributed by atoms with Gasteiger partial charge in [-0.3, -0.25) is 19.2 Å². The number of carboxylic acids is 2. The van der Waals surface area contributed by atoms with Gasteiger partial charge in [0, 0.05) is 24.6 Å². The minimum Gasteiger partial charge on any atom is -0.481 e. The highest BCUT2D eigenvalue weighted by molar-refractivity contribution is 6.31. The standard InChI is InChI=1S/C21H20ClNO6/c22-17-13-15(9-11-23-17)19(27)21(20(28)29,10-5-4-8-18(25)26)16(24)12-14-6-2-1-3-7-14/h1-3,6-7,9,11,13H,4-5,8,10,12H2,(H,25,26)(H,28,29).